The number of rotatable bonds is 21. The molecule has 1 N–H and O–H groups in total. The van der Waals surface area contributed by atoms with Crippen LogP contribution >= 0.6 is 0 Å². The second-order valence-electron chi connectivity index (χ2n) is 10.6. The summed E-state index contributed by atoms with van der Waals surface area (Å²) < 4.78 is 0. The van der Waals surface area contributed by atoms with Gasteiger partial charge in [-0.2, -0.15) is 0 Å². The monoisotopic (exact) mass is 495 g/mol. The van der Waals surface area contributed by atoms with Crippen molar-refractivity contribution in [3.05, 3.63) is 29.6 Å². The Morgan fingerprint density at radius 2 is 1.11 bits per heavy atom. The summed E-state index contributed by atoms with van der Waals surface area (Å²) >= 11 is 0. The molecular weight excluding hydrogens is 442 g/mol. The minimum Gasteiger partial charge on any atom is -0.326 e. The number of hydrogen-bond acceptors (Lipinski definition) is 3. The van der Waals surface area contributed by atoms with Crippen molar-refractivity contribution < 1.29 is 4.79 Å². The second kappa shape index (κ2) is 19.2. The Hall–Kier alpha value is -1.97. The first-order valence-electron chi connectivity index (χ1n) is 15.3. The summed E-state index contributed by atoms with van der Waals surface area (Å²) in [5, 5.41) is 3.09. The van der Waals surface area contributed by atoms with Crippen LogP contribution < -0.4 is 5.32 Å². The third-order valence-corrected chi connectivity index (χ3v) is 7.14. The van der Waals surface area contributed by atoms with Crippen molar-refractivity contribution in [3.63, 3.8) is 0 Å². The Labute approximate surface area is 221 Å². The van der Waals surface area contributed by atoms with Gasteiger partial charge in [-0.1, -0.05) is 111 Å². The Bertz CT molecular complexity index is 864. The number of unbranched alkanes of at least 4 members (excludes halogenated alkanes) is 14. The van der Waals surface area contributed by atoms with Crippen LogP contribution in [-0.4, -0.2) is 15.9 Å². The Morgan fingerprint density at radius 1 is 0.611 bits per heavy atom. The largest absolute Gasteiger partial charge is 0.326 e. The number of nitrogens with one attached hydrogen (secondary N) is 1. The summed E-state index contributed by atoms with van der Waals surface area (Å²) in [5.74, 6) is 0.108. The topological polar surface area (TPSA) is 54.9 Å². The molecule has 0 radical (unpaired) electrons. The second-order valence-corrected chi connectivity index (χ2v) is 10.6. The van der Waals surface area contributed by atoms with Crippen molar-refractivity contribution in [2.75, 3.05) is 5.32 Å². The lowest BCUT2D eigenvalue weighted by Gasteiger charge is -2.11. The van der Waals surface area contributed by atoms with Gasteiger partial charge in [-0.3, -0.25) is 4.79 Å². The minimum atomic E-state index is 0.108. The van der Waals surface area contributed by atoms with Crippen molar-refractivity contribution in [2.24, 2.45) is 0 Å². The molecular formula is C32H53N3O. The molecule has 0 unspecified atom stereocenters. The molecule has 1 aromatic carbocycles. The fraction of sp³-hybridized carbons (Fsp3) is 0.719. The first kappa shape index (κ1) is 30.3. The molecule has 0 bridgehead atoms. The molecule has 0 fully saturated rings. The molecule has 0 aliphatic rings. The molecule has 2 aromatic rings. The summed E-state index contributed by atoms with van der Waals surface area (Å²) in [6, 6.07) is 5.98. The van der Waals surface area contributed by atoms with Crippen LogP contribution in [0.2, 0.25) is 0 Å². The summed E-state index contributed by atoms with van der Waals surface area (Å²) in [5.41, 5.74) is 4.97. The highest BCUT2D eigenvalue weighted by Gasteiger charge is 2.10. The molecule has 0 atom stereocenters. The molecule has 1 amide bonds. The van der Waals surface area contributed by atoms with Crippen molar-refractivity contribution in [1.29, 1.82) is 0 Å². The van der Waals surface area contributed by atoms with Gasteiger partial charge in [0.15, 0.2) is 0 Å². The lowest BCUT2D eigenvalue weighted by Crippen LogP contribution is -2.11. The van der Waals surface area contributed by atoms with Crippen LogP contribution in [0.4, 0.5) is 5.69 Å². The van der Waals surface area contributed by atoms with Crippen molar-refractivity contribution >= 4 is 22.6 Å². The molecule has 2 rings (SSSR count). The number of nitrogens with zero attached hydrogens (tertiary/aromatic N) is 2. The molecule has 0 aliphatic carbocycles. The van der Waals surface area contributed by atoms with E-state index in [1.54, 1.807) is 0 Å². The third-order valence-electron chi connectivity index (χ3n) is 7.14. The van der Waals surface area contributed by atoms with E-state index in [4.69, 9.17) is 9.97 Å². The van der Waals surface area contributed by atoms with Crippen LogP contribution in [0, 0.1) is 0 Å². The summed E-state index contributed by atoms with van der Waals surface area (Å²) in [4.78, 5) is 22.5. The van der Waals surface area contributed by atoms with Gasteiger partial charge >= 0.3 is 0 Å². The molecule has 0 aliphatic heterocycles. The van der Waals surface area contributed by atoms with Crippen LogP contribution in [0.15, 0.2) is 18.2 Å². The van der Waals surface area contributed by atoms with Gasteiger partial charge in [-0.25, -0.2) is 9.97 Å². The SMILES string of the molecule is CCCCCCCCCCCCCC(=O)Nc1ccc2nc(CCCCCC)c(CCCC)nc2c1. The van der Waals surface area contributed by atoms with E-state index in [2.05, 4.69) is 26.1 Å². The Morgan fingerprint density at radius 3 is 1.72 bits per heavy atom. The summed E-state index contributed by atoms with van der Waals surface area (Å²) in [6.07, 6.45) is 24.1. The molecule has 202 valence electrons. The van der Waals surface area contributed by atoms with E-state index in [1.165, 1.54) is 89.2 Å². The fourth-order valence-corrected chi connectivity index (χ4v) is 4.84. The average Bonchev–Trinajstić information content (AvgIpc) is 2.88. The zero-order valence-corrected chi connectivity index (χ0v) is 23.7. The van der Waals surface area contributed by atoms with Gasteiger partial charge in [-0.05, 0) is 50.3 Å². The first-order valence-corrected chi connectivity index (χ1v) is 15.3. The van der Waals surface area contributed by atoms with Gasteiger partial charge in [0.2, 0.25) is 5.91 Å². The van der Waals surface area contributed by atoms with E-state index < -0.39 is 0 Å². The maximum Gasteiger partial charge on any atom is 0.224 e. The van der Waals surface area contributed by atoms with E-state index in [9.17, 15) is 4.79 Å². The highest BCUT2D eigenvalue weighted by Crippen LogP contribution is 2.21. The van der Waals surface area contributed by atoms with E-state index in [0.717, 1.165) is 60.9 Å². The Balaban J connectivity index is 1.77. The third kappa shape index (κ3) is 12.3. The average molecular weight is 496 g/mol. The van der Waals surface area contributed by atoms with Crippen molar-refractivity contribution in [2.45, 2.75) is 149 Å². The standard InChI is InChI=1S/C32H53N3O/c1-4-7-10-12-13-14-15-16-17-18-20-23-32(36)33-27-24-25-30-31(26-27)35-28(21-9-6-3)29(34-30)22-19-11-8-5-2/h24-26H,4-23H2,1-3H3,(H,33,36). The molecule has 1 heterocycles. The number of benzene rings is 1. The van der Waals surface area contributed by atoms with E-state index in [1.807, 2.05) is 18.2 Å². The van der Waals surface area contributed by atoms with Gasteiger partial charge in [0.25, 0.3) is 0 Å². The van der Waals surface area contributed by atoms with Crippen molar-refractivity contribution in [3.8, 4) is 0 Å². The molecule has 0 spiro atoms. The number of aromatic nitrogens is 2. The molecule has 4 heteroatoms. The lowest BCUT2D eigenvalue weighted by molar-refractivity contribution is -0.116. The van der Waals surface area contributed by atoms with Crippen LogP contribution in [0.5, 0.6) is 0 Å². The first-order chi connectivity index (χ1) is 17.7. The van der Waals surface area contributed by atoms with E-state index in [0.29, 0.717) is 6.42 Å². The molecule has 0 saturated heterocycles. The minimum absolute atomic E-state index is 0.108. The van der Waals surface area contributed by atoms with E-state index in [-0.39, 0.29) is 5.91 Å². The van der Waals surface area contributed by atoms with Gasteiger partial charge in [0, 0.05) is 12.1 Å². The number of aryl methyl sites for hydroxylation is 2. The smallest absolute Gasteiger partial charge is 0.224 e. The lowest BCUT2D eigenvalue weighted by atomic mass is 10.1. The maximum absolute atomic E-state index is 12.5. The van der Waals surface area contributed by atoms with Gasteiger partial charge in [0.05, 0.1) is 22.4 Å². The predicted octanol–water partition coefficient (Wildman–Crippen LogP) is 9.73. The highest BCUT2D eigenvalue weighted by atomic mass is 16.1. The van der Waals surface area contributed by atoms with Crippen LogP contribution in [0.25, 0.3) is 11.0 Å². The van der Waals surface area contributed by atoms with E-state index >= 15 is 0 Å². The van der Waals surface area contributed by atoms with Crippen LogP contribution in [0.1, 0.15) is 148 Å². The maximum atomic E-state index is 12.5. The number of amides is 1. The van der Waals surface area contributed by atoms with Crippen LogP contribution in [-0.2, 0) is 17.6 Å². The Kier molecular flexibility index (Phi) is 16.1. The summed E-state index contributed by atoms with van der Waals surface area (Å²) in [7, 11) is 0. The van der Waals surface area contributed by atoms with Crippen molar-refractivity contribution in [1.82, 2.24) is 9.97 Å². The molecule has 0 saturated carbocycles. The van der Waals surface area contributed by atoms with Gasteiger partial charge < -0.3 is 5.32 Å². The number of hydrogen-bond donors (Lipinski definition) is 1. The zero-order valence-electron chi connectivity index (χ0n) is 23.7. The van der Waals surface area contributed by atoms with Gasteiger partial charge in [-0.15, -0.1) is 0 Å². The number of anilines is 1. The predicted molar refractivity (Wildman–Crippen MR) is 156 cm³/mol. The zero-order chi connectivity index (χ0) is 25.8. The fourth-order valence-electron chi connectivity index (χ4n) is 4.84. The number of carbonyl (C=O) groups excluding carboxylic acids is 1. The van der Waals surface area contributed by atoms with Gasteiger partial charge in [0.1, 0.15) is 0 Å². The summed E-state index contributed by atoms with van der Waals surface area (Å²) in [6.45, 7) is 6.74. The quantitative estimate of drug-likeness (QED) is 0.175. The highest BCUT2D eigenvalue weighted by molar-refractivity contribution is 5.92. The van der Waals surface area contributed by atoms with Crippen LogP contribution in [0.3, 0.4) is 0 Å². The number of carbonyl (C=O) groups is 1. The molecule has 1 aromatic heterocycles. The normalized spacial score (nSPS) is 11.3. The number of fused-ring (bicyclic) bond motifs is 1. The molecule has 4 nitrogen and oxygen atoms in total. The molecule has 36 heavy (non-hydrogen) atoms.